The maximum absolute atomic E-state index is 12.4. The lowest BCUT2D eigenvalue weighted by atomic mass is 10.3. The van der Waals surface area contributed by atoms with Gasteiger partial charge in [-0.2, -0.15) is 8.78 Å². The summed E-state index contributed by atoms with van der Waals surface area (Å²) in [7, 11) is 0. The highest BCUT2D eigenvalue weighted by atomic mass is 19.3. The second-order valence-corrected chi connectivity index (χ2v) is 1.54. The molecule has 6 N–H and O–H groups in total. The van der Waals surface area contributed by atoms with Gasteiger partial charge in [0.1, 0.15) is 0 Å². The van der Waals surface area contributed by atoms with Crippen molar-refractivity contribution in [1.82, 2.24) is 0 Å². The minimum Gasteiger partial charge on any atom is -0.409 e. The summed E-state index contributed by atoms with van der Waals surface area (Å²) < 4.78 is 24.8. The molecule has 0 aliphatic carbocycles. The van der Waals surface area contributed by atoms with Crippen LogP contribution in [0.3, 0.4) is 0 Å². The molecule has 0 unspecified atom stereocenters. The van der Waals surface area contributed by atoms with Gasteiger partial charge in [0, 0.05) is 0 Å². The Kier molecular flexibility index (Phi) is 2.56. The number of amidine groups is 2. The Bertz CT molecular complexity index is 182. The van der Waals surface area contributed by atoms with Crippen LogP contribution in [0.25, 0.3) is 0 Å². The first-order chi connectivity index (χ1) is 4.96. The molecule has 0 aromatic carbocycles. The van der Waals surface area contributed by atoms with Gasteiger partial charge in [-0.15, -0.1) is 0 Å². The van der Waals surface area contributed by atoms with Gasteiger partial charge in [0.2, 0.25) is 11.7 Å². The largest absolute Gasteiger partial charge is 0.409 e. The van der Waals surface area contributed by atoms with Crippen LogP contribution in [0.2, 0.25) is 0 Å². The number of halogens is 2. The van der Waals surface area contributed by atoms with Crippen molar-refractivity contribution in [3.63, 3.8) is 0 Å². The van der Waals surface area contributed by atoms with Crippen molar-refractivity contribution in [2.24, 2.45) is 21.8 Å². The molecular weight excluding hydrogens is 162 g/mol. The van der Waals surface area contributed by atoms with Gasteiger partial charge in [-0.1, -0.05) is 10.3 Å². The Labute approximate surface area is 59.8 Å². The smallest absolute Gasteiger partial charge is 0.366 e. The SMILES string of the molecule is N/C(=N/O)C(F)(F)/C(N)=N\O. The summed E-state index contributed by atoms with van der Waals surface area (Å²) >= 11 is 0. The first kappa shape index (κ1) is 9.40. The third kappa shape index (κ3) is 1.66. The fourth-order valence-electron chi connectivity index (χ4n) is 0.257. The van der Waals surface area contributed by atoms with Crippen molar-refractivity contribution >= 4 is 11.7 Å². The number of oxime groups is 2. The quantitative estimate of drug-likeness (QED) is 0.185. The molecule has 0 saturated carbocycles. The average molecular weight is 168 g/mol. The molecule has 0 aliphatic rings. The molecule has 0 heterocycles. The number of hydrogen-bond donors (Lipinski definition) is 4. The standard InChI is InChI=1S/C3H6F2N4O2/c4-3(5,1(6)8-10)2(7)9-11/h10-11H,(H2,6,8)(H2,7,9). The van der Waals surface area contributed by atoms with Crippen LogP contribution < -0.4 is 11.5 Å². The monoisotopic (exact) mass is 168 g/mol. The van der Waals surface area contributed by atoms with Crippen molar-refractivity contribution in [3.8, 4) is 0 Å². The maximum atomic E-state index is 12.4. The highest BCUT2D eigenvalue weighted by Crippen LogP contribution is 2.12. The van der Waals surface area contributed by atoms with Crippen molar-refractivity contribution in [2.45, 2.75) is 5.92 Å². The summed E-state index contributed by atoms with van der Waals surface area (Å²) in [5, 5.41) is 19.6. The normalized spacial score (nSPS) is 15.1. The number of nitrogens with zero attached hydrogens (tertiary/aromatic N) is 2. The van der Waals surface area contributed by atoms with E-state index in [2.05, 4.69) is 11.5 Å². The lowest BCUT2D eigenvalue weighted by molar-refractivity contribution is 0.141. The number of rotatable bonds is 2. The predicted octanol–water partition coefficient (Wildman–Crippen LogP) is -0.885. The summed E-state index contributed by atoms with van der Waals surface area (Å²) in [5.41, 5.74) is 9.01. The van der Waals surface area contributed by atoms with Crippen LogP contribution in [0, 0.1) is 0 Å². The number of hydrogen-bond acceptors (Lipinski definition) is 4. The van der Waals surface area contributed by atoms with E-state index in [-0.39, 0.29) is 0 Å². The molecule has 0 fully saturated rings. The van der Waals surface area contributed by atoms with Gasteiger partial charge in [-0.25, -0.2) is 0 Å². The number of nitrogens with two attached hydrogens (primary N) is 2. The highest BCUT2D eigenvalue weighted by Gasteiger charge is 2.40. The molecule has 6 nitrogen and oxygen atoms in total. The highest BCUT2D eigenvalue weighted by molar-refractivity contribution is 6.09. The molecule has 0 spiro atoms. The third-order valence-electron chi connectivity index (χ3n) is 0.859. The van der Waals surface area contributed by atoms with E-state index in [0.717, 1.165) is 0 Å². The van der Waals surface area contributed by atoms with Crippen molar-refractivity contribution in [3.05, 3.63) is 0 Å². The van der Waals surface area contributed by atoms with E-state index in [1.807, 2.05) is 10.3 Å². The van der Waals surface area contributed by atoms with E-state index in [9.17, 15) is 8.78 Å². The van der Waals surface area contributed by atoms with Gasteiger partial charge in [-0.3, -0.25) is 0 Å². The second-order valence-electron chi connectivity index (χ2n) is 1.54. The lowest BCUT2D eigenvalue weighted by Gasteiger charge is -2.10. The van der Waals surface area contributed by atoms with Crippen LogP contribution in [0.15, 0.2) is 10.3 Å². The van der Waals surface area contributed by atoms with Crippen LogP contribution in [-0.2, 0) is 0 Å². The zero-order chi connectivity index (χ0) is 9.07. The molecule has 0 atom stereocenters. The van der Waals surface area contributed by atoms with E-state index in [1.54, 1.807) is 0 Å². The number of alkyl halides is 2. The summed E-state index contributed by atoms with van der Waals surface area (Å²) in [5.74, 6) is -6.80. The first-order valence-electron chi connectivity index (χ1n) is 2.30. The summed E-state index contributed by atoms with van der Waals surface area (Å²) in [4.78, 5) is 0. The van der Waals surface area contributed by atoms with Gasteiger partial charge in [-0.05, 0) is 0 Å². The molecule has 11 heavy (non-hydrogen) atoms. The molecule has 0 radical (unpaired) electrons. The molecule has 64 valence electrons. The molecule has 0 aromatic heterocycles. The van der Waals surface area contributed by atoms with Crippen molar-refractivity contribution in [1.29, 1.82) is 0 Å². The third-order valence-corrected chi connectivity index (χ3v) is 0.859. The molecule has 0 aliphatic heterocycles. The van der Waals surface area contributed by atoms with Gasteiger partial charge >= 0.3 is 5.92 Å². The zero-order valence-corrected chi connectivity index (χ0v) is 5.20. The Hall–Kier alpha value is -1.60. The van der Waals surface area contributed by atoms with Gasteiger partial charge in [0.25, 0.3) is 0 Å². The Morgan fingerprint density at radius 1 is 1.09 bits per heavy atom. The molecule has 8 heteroatoms. The summed E-state index contributed by atoms with van der Waals surface area (Å²) in [6, 6.07) is 0. The predicted molar refractivity (Wildman–Crippen MR) is 31.8 cm³/mol. The fraction of sp³-hybridized carbons (Fsp3) is 0.333. The van der Waals surface area contributed by atoms with E-state index >= 15 is 0 Å². The average Bonchev–Trinajstić information content (AvgIpc) is 2.01. The van der Waals surface area contributed by atoms with Crippen LogP contribution in [0.5, 0.6) is 0 Å². The van der Waals surface area contributed by atoms with Crippen LogP contribution >= 0.6 is 0 Å². The minimum absolute atomic E-state index is 1.44. The summed E-state index contributed by atoms with van der Waals surface area (Å²) in [6.45, 7) is 0. The molecule has 0 aromatic rings. The molecule has 0 rings (SSSR count). The molecular formula is C3H6F2N4O2. The second kappa shape index (κ2) is 2.99. The maximum Gasteiger partial charge on any atom is 0.366 e. The fourth-order valence-corrected chi connectivity index (χ4v) is 0.257. The van der Waals surface area contributed by atoms with Gasteiger partial charge in [0.15, 0.2) is 0 Å². The van der Waals surface area contributed by atoms with Crippen LogP contribution in [-0.4, -0.2) is 28.0 Å². The Morgan fingerprint density at radius 3 is 1.55 bits per heavy atom. The van der Waals surface area contributed by atoms with E-state index in [4.69, 9.17) is 10.4 Å². The molecule has 0 amide bonds. The topological polar surface area (TPSA) is 117 Å². The van der Waals surface area contributed by atoms with Gasteiger partial charge < -0.3 is 21.9 Å². The van der Waals surface area contributed by atoms with Gasteiger partial charge in [0.05, 0.1) is 0 Å². The first-order valence-corrected chi connectivity index (χ1v) is 2.30. The molecule has 0 saturated heterocycles. The lowest BCUT2D eigenvalue weighted by Crippen LogP contribution is -2.47. The van der Waals surface area contributed by atoms with E-state index < -0.39 is 17.6 Å². The minimum atomic E-state index is -3.93. The Morgan fingerprint density at radius 2 is 1.36 bits per heavy atom. The van der Waals surface area contributed by atoms with Crippen molar-refractivity contribution in [2.75, 3.05) is 0 Å². The van der Waals surface area contributed by atoms with Crippen LogP contribution in [0.4, 0.5) is 8.78 Å². The summed E-state index contributed by atoms with van der Waals surface area (Å²) in [6.07, 6.45) is 0. The van der Waals surface area contributed by atoms with E-state index in [1.165, 1.54) is 0 Å². The zero-order valence-electron chi connectivity index (χ0n) is 5.20. The van der Waals surface area contributed by atoms with E-state index in [0.29, 0.717) is 0 Å². The Balaban J connectivity index is 4.73. The van der Waals surface area contributed by atoms with Crippen molar-refractivity contribution < 1.29 is 19.2 Å². The van der Waals surface area contributed by atoms with Crippen LogP contribution in [0.1, 0.15) is 0 Å². The molecule has 0 bridgehead atoms.